The van der Waals surface area contributed by atoms with E-state index in [1.54, 1.807) is 11.6 Å². The fraction of sp³-hybridized carbons (Fsp3) is 0.400. The molecule has 1 heterocycles. The number of methoxy groups -OCH3 is 2. The largest absolute Gasteiger partial charge is 0.467 e. The Morgan fingerprint density at radius 2 is 1.82 bits per heavy atom. The lowest BCUT2D eigenvalue weighted by molar-refractivity contribution is 0.135. The maximum Gasteiger partial charge on any atom is 0.355 e. The summed E-state index contributed by atoms with van der Waals surface area (Å²) in [5, 5.41) is 10.3. The summed E-state index contributed by atoms with van der Waals surface area (Å²) in [6.45, 7) is 1.55. The van der Waals surface area contributed by atoms with Crippen molar-refractivity contribution in [1.82, 2.24) is 19.7 Å². The molecule has 9 nitrogen and oxygen atoms in total. The fourth-order valence-electron chi connectivity index (χ4n) is 1.84. The second-order valence-electron chi connectivity index (χ2n) is 4.93. The van der Waals surface area contributed by atoms with Crippen molar-refractivity contribution in [2.24, 2.45) is 5.92 Å². The molecule has 2 N–H and O–H groups in total. The van der Waals surface area contributed by atoms with Gasteiger partial charge >= 0.3 is 17.8 Å². The van der Waals surface area contributed by atoms with Crippen molar-refractivity contribution < 1.29 is 31.8 Å². The summed E-state index contributed by atoms with van der Waals surface area (Å²) in [6, 6.07) is -0.454. The van der Waals surface area contributed by atoms with Gasteiger partial charge < -0.3 is 14.6 Å². The number of aromatic nitrogens is 3. The van der Waals surface area contributed by atoms with Crippen molar-refractivity contribution in [2.75, 3.05) is 14.2 Å². The number of aliphatic hydroxyl groups excluding tert-OH is 1. The van der Waals surface area contributed by atoms with Crippen LogP contribution in [0.2, 0.25) is 0 Å². The summed E-state index contributed by atoms with van der Waals surface area (Å²) >= 11 is 5.99. The predicted molar refractivity (Wildman–Crippen MR) is 96.0 cm³/mol. The van der Waals surface area contributed by atoms with Crippen LogP contribution < -0.4 is 14.2 Å². The zero-order valence-electron chi connectivity index (χ0n) is 14.9. The SMILES string of the molecule is C#CC(C(NS(=O)(=O)C(F)F)=C(Cl)C=CC)C(O)c1nc(OC)nc(OC)n1. The molecule has 13 heteroatoms. The lowest BCUT2D eigenvalue weighted by Gasteiger charge is -2.22. The molecule has 0 amide bonds. The molecule has 0 fully saturated rings. The Kier molecular flexibility index (Phi) is 8.55. The molecule has 28 heavy (non-hydrogen) atoms. The molecule has 0 bridgehead atoms. The number of nitrogens with one attached hydrogen (secondary N) is 1. The van der Waals surface area contributed by atoms with Gasteiger partial charge in [-0.2, -0.15) is 18.7 Å². The highest BCUT2D eigenvalue weighted by molar-refractivity contribution is 7.89. The number of rotatable bonds is 9. The van der Waals surface area contributed by atoms with Crippen molar-refractivity contribution in [3.05, 3.63) is 28.7 Å². The summed E-state index contributed by atoms with van der Waals surface area (Å²) < 4.78 is 60.2. The third-order valence-electron chi connectivity index (χ3n) is 3.10. The number of alkyl halides is 2. The van der Waals surface area contributed by atoms with Crippen LogP contribution in [-0.4, -0.2) is 48.5 Å². The number of aliphatic hydroxyl groups is 1. The summed E-state index contributed by atoms with van der Waals surface area (Å²) in [5.74, 6) is -3.57. The first kappa shape index (κ1) is 23.5. The lowest BCUT2D eigenvalue weighted by atomic mass is 9.98. The second-order valence-corrected chi connectivity index (χ2v) is 6.98. The van der Waals surface area contributed by atoms with Crippen LogP contribution in [0.3, 0.4) is 0 Å². The van der Waals surface area contributed by atoms with Gasteiger partial charge in [0.25, 0.3) is 10.0 Å². The molecule has 0 radical (unpaired) electrons. The maximum atomic E-state index is 12.8. The van der Waals surface area contributed by atoms with Gasteiger partial charge in [-0.25, -0.2) is 8.42 Å². The zero-order chi connectivity index (χ0) is 21.5. The van der Waals surface area contributed by atoms with Crippen LogP contribution in [0.25, 0.3) is 0 Å². The van der Waals surface area contributed by atoms with Crippen LogP contribution in [0.15, 0.2) is 22.9 Å². The molecule has 1 rings (SSSR count). The van der Waals surface area contributed by atoms with E-state index in [1.807, 2.05) is 0 Å². The highest BCUT2D eigenvalue weighted by atomic mass is 35.5. The molecular weight excluding hydrogens is 422 g/mol. The molecule has 0 aliphatic carbocycles. The van der Waals surface area contributed by atoms with Crippen molar-refractivity contribution in [3.8, 4) is 24.4 Å². The molecule has 0 aliphatic heterocycles. The standard InChI is InChI=1S/C15H17ClF2N4O5S/c1-5-7-9(16)10(22-28(24,25)13(17)18)8(6-2)11(23)12-19-14(26-3)21-15(20-12)27-4/h2,5,7-8,11,13,22-23H,1,3-4H3. The molecule has 154 valence electrons. The number of hydrogen-bond donors (Lipinski definition) is 2. The Balaban J connectivity index is 3.51. The number of hydrogen-bond acceptors (Lipinski definition) is 8. The Hall–Kier alpha value is -2.49. The Bertz CT molecular complexity index is 880. The quantitative estimate of drug-likeness (QED) is 0.437. The minimum atomic E-state index is -5.13. The molecule has 0 saturated heterocycles. The third kappa shape index (κ3) is 5.75. The summed E-state index contributed by atoms with van der Waals surface area (Å²) in [7, 11) is -2.64. The van der Waals surface area contributed by atoms with Crippen LogP contribution in [-0.2, 0) is 10.0 Å². The van der Waals surface area contributed by atoms with Crippen molar-refractivity contribution in [3.63, 3.8) is 0 Å². The highest BCUT2D eigenvalue weighted by Crippen LogP contribution is 2.30. The van der Waals surface area contributed by atoms with Gasteiger partial charge in [0.15, 0.2) is 5.82 Å². The van der Waals surface area contributed by atoms with Gasteiger partial charge in [-0.15, -0.1) is 11.4 Å². The average Bonchev–Trinajstić information content (AvgIpc) is 2.66. The molecule has 2 unspecified atom stereocenters. The van der Waals surface area contributed by atoms with Gasteiger partial charge in [-0.3, -0.25) is 4.72 Å². The van der Waals surface area contributed by atoms with Crippen LogP contribution in [0, 0.1) is 18.3 Å². The van der Waals surface area contributed by atoms with Gasteiger partial charge in [0, 0.05) is 0 Å². The minimum absolute atomic E-state index is 0.227. The smallest absolute Gasteiger partial charge is 0.355 e. The highest BCUT2D eigenvalue weighted by Gasteiger charge is 2.33. The Morgan fingerprint density at radius 1 is 1.29 bits per heavy atom. The van der Waals surface area contributed by atoms with E-state index in [9.17, 15) is 22.3 Å². The van der Waals surface area contributed by atoms with Crippen LogP contribution in [0.4, 0.5) is 8.78 Å². The number of terminal acetylenes is 1. The molecule has 0 saturated carbocycles. The number of ether oxygens (including phenoxy) is 2. The molecule has 0 aromatic carbocycles. The predicted octanol–water partition coefficient (Wildman–Crippen LogP) is 1.34. The molecule has 0 spiro atoms. The molecular formula is C15H17ClF2N4O5S. The molecule has 0 aliphatic rings. The van der Waals surface area contributed by atoms with Crippen LogP contribution >= 0.6 is 11.6 Å². The number of allylic oxidation sites excluding steroid dienone is 3. The van der Waals surface area contributed by atoms with Gasteiger partial charge in [0.1, 0.15) is 6.10 Å². The van der Waals surface area contributed by atoms with Crippen molar-refractivity contribution in [1.29, 1.82) is 0 Å². The first-order valence-corrected chi connectivity index (χ1v) is 9.33. The maximum absolute atomic E-state index is 12.8. The van der Waals surface area contributed by atoms with E-state index in [0.29, 0.717) is 0 Å². The van der Waals surface area contributed by atoms with E-state index in [2.05, 4.69) is 20.9 Å². The zero-order valence-corrected chi connectivity index (χ0v) is 16.5. The monoisotopic (exact) mass is 438 g/mol. The van der Waals surface area contributed by atoms with Gasteiger partial charge in [0.05, 0.1) is 30.9 Å². The normalized spacial score (nSPS) is 15.0. The van der Waals surface area contributed by atoms with Crippen LogP contribution in [0.1, 0.15) is 18.9 Å². The molecule has 1 aromatic heterocycles. The third-order valence-corrected chi connectivity index (χ3v) is 4.41. The summed E-state index contributed by atoms with van der Waals surface area (Å²) in [5.41, 5.74) is -0.562. The summed E-state index contributed by atoms with van der Waals surface area (Å²) in [4.78, 5) is 11.4. The first-order valence-electron chi connectivity index (χ1n) is 7.41. The number of nitrogens with zero attached hydrogens (tertiary/aromatic N) is 3. The Morgan fingerprint density at radius 3 is 2.21 bits per heavy atom. The van der Waals surface area contributed by atoms with E-state index >= 15 is 0 Å². The number of halogens is 3. The topological polar surface area (TPSA) is 124 Å². The van der Waals surface area contributed by atoms with E-state index in [0.717, 1.165) is 0 Å². The molecule has 1 aromatic rings. The second kappa shape index (κ2) is 10.2. The van der Waals surface area contributed by atoms with Gasteiger partial charge in [-0.1, -0.05) is 23.6 Å². The van der Waals surface area contributed by atoms with Gasteiger partial charge in [-0.05, 0) is 13.0 Å². The van der Waals surface area contributed by atoms with Crippen molar-refractivity contribution >= 4 is 21.6 Å². The average molecular weight is 439 g/mol. The fourth-order valence-corrected chi connectivity index (χ4v) is 2.82. The van der Waals surface area contributed by atoms with E-state index < -0.39 is 33.5 Å². The number of sulfonamides is 1. The van der Waals surface area contributed by atoms with E-state index in [4.69, 9.17) is 27.5 Å². The lowest BCUT2D eigenvalue weighted by Crippen LogP contribution is -2.34. The summed E-state index contributed by atoms with van der Waals surface area (Å²) in [6.07, 6.45) is 6.24. The molecule has 2 atom stereocenters. The first-order chi connectivity index (χ1) is 13.1. The van der Waals surface area contributed by atoms with E-state index in [1.165, 1.54) is 26.4 Å². The minimum Gasteiger partial charge on any atom is -0.467 e. The van der Waals surface area contributed by atoms with E-state index in [-0.39, 0.29) is 22.9 Å². The van der Waals surface area contributed by atoms with Gasteiger partial charge in [0.2, 0.25) is 0 Å². The van der Waals surface area contributed by atoms with Crippen LogP contribution in [0.5, 0.6) is 12.0 Å². The Labute approximate surface area is 165 Å². The van der Waals surface area contributed by atoms with Crippen molar-refractivity contribution in [2.45, 2.75) is 18.8 Å².